The molecule has 24 heavy (non-hydrogen) atoms. The monoisotopic (exact) mass is 385 g/mol. The smallest absolute Gasteiger partial charge is 0.241 e. The van der Waals surface area contributed by atoms with Gasteiger partial charge in [0.15, 0.2) is 0 Å². The minimum absolute atomic E-state index is 0.114. The molecule has 0 fully saturated rings. The Kier molecular flexibility index (Phi) is 6.57. The summed E-state index contributed by atoms with van der Waals surface area (Å²) in [5.41, 5.74) is 0.897. The molecule has 2 aromatic carbocycles. The molecule has 2 aromatic rings. The van der Waals surface area contributed by atoms with E-state index in [0.29, 0.717) is 12.4 Å². The van der Waals surface area contributed by atoms with E-state index in [1.165, 1.54) is 12.1 Å². The molecule has 2 rings (SSSR count). The zero-order valence-corrected chi connectivity index (χ0v) is 16.1. The maximum Gasteiger partial charge on any atom is 0.241 e. The number of sulfonamides is 1. The van der Waals surface area contributed by atoms with Gasteiger partial charge >= 0.3 is 0 Å². The summed E-state index contributed by atoms with van der Waals surface area (Å²) < 4.78 is 33.1. The molecule has 4 nitrogen and oxygen atoms in total. The predicted octanol–water partition coefficient (Wildman–Crippen LogP) is 4.50. The summed E-state index contributed by atoms with van der Waals surface area (Å²) in [6.45, 7) is 4.11. The van der Waals surface area contributed by atoms with E-state index in [-0.39, 0.29) is 16.0 Å². The lowest BCUT2D eigenvalue weighted by molar-refractivity contribution is 0.340. The second-order valence-electron chi connectivity index (χ2n) is 5.14. The van der Waals surface area contributed by atoms with Gasteiger partial charge in [-0.1, -0.05) is 23.7 Å². The first-order valence-corrected chi connectivity index (χ1v) is 10.5. The minimum atomic E-state index is -3.67. The molecule has 0 amide bonds. The SMILES string of the molecule is CCOc1ccc(S(=O)(=O)N[C@H](C)c2ccc(SC)cc2)cc1Cl. The minimum Gasteiger partial charge on any atom is -0.492 e. The summed E-state index contributed by atoms with van der Waals surface area (Å²) in [6, 6.07) is 11.9. The van der Waals surface area contributed by atoms with Crippen molar-refractivity contribution < 1.29 is 13.2 Å². The van der Waals surface area contributed by atoms with Crippen molar-refractivity contribution in [1.82, 2.24) is 4.72 Å². The molecule has 0 aliphatic carbocycles. The molecule has 130 valence electrons. The van der Waals surface area contributed by atoms with Crippen LogP contribution < -0.4 is 9.46 Å². The van der Waals surface area contributed by atoms with Crippen molar-refractivity contribution in [3.05, 3.63) is 53.1 Å². The van der Waals surface area contributed by atoms with Gasteiger partial charge in [0.25, 0.3) is 0 Å². The second kappa shape index (κ2) is 8.25. The van der Waals surface area contributed by atoms with Gasteiger partial charge in [-0.3, -0.25) is 0 Å². The van der Waals surface area contributed by atoms with Crippen molar-refractivity contribution in [1.29, 1.82) is 0 Å². The van der Waals surface area contributed by atoms with E-state index in [0.717, 1.165) is 10.5 Å². The van der Waals surface area contributed by atoms with Crippen molar-refractivity contribution in [3.63, 3.8) is 0 Å². The van der Waals surface area contributed by atoms with E-state index in [2.05, 4.69) is 4.72 Å². The molecule has 0 radical (unpaired) electrons. The summed E-state index contributed by atoms with van der Waals surface area (Å²) in [4.78, 5) is 1.25. The Balaban J connectivity index is 2.19. The van der Waals surface area contributed by atoms with Crippen LogP contribution in [-0.4, -0.2) is 21.3 Å². The lowest BCUT2D eigenvalue weighted by Crippen LogP contribution is -2.26. The highest BCUT2D eigenvalue weighted by molar-refractivity contribution is 7.98. The van der Waals surface area contributed by atoms with Crippen LogP contribution in [0.3, 0.4) is 0 Å². The molecule has 0 spiro atoms. The maximum absolute atomic E-state index is 12.5. The van der Waals surface area contributed by atoms with Crippen LogP contribution in [-0.2, 0) is 10.0 Å². The lowest BCUT2D eigenvalue weighted by Gasteiger charge is -2.16. The quantitative estimate of drug-likeness (QED) is 0.713. The van der Waals surface area contributed by atoms with Gasteiger partial charge in [0.2, 0.25) is 10.0 Å². The van der Waals surface area contributed by atoms with Gasteiger partial charge in [-0.25, -0.2) is 13.1 Å². The molecule has 7 heteroatoms. The van der Waals surface area contributed by atoms with Crippen LogP contribution in [0.5, 0.6) is 5.75 Å². The average molecular weight is 386 g/mol. The van der Waals surface area contributed by atoms with Crippen LogP contribution in [0.25, 0.3) is 0 Å². The normalized spacial score (nSPS) is 12.8. The largest absolute Gasteiger partial charge is 0.492 e. The molecule has 0 bridgehead atoms. The molecule has 0 saturated carbocycles. The number of hydrogen-bond acceptors (Lipinski definition) is 4. The van der Waals surface area contributed by atoms with Crippen LogP contribution in [0.2, 0.25) is 5.02 Å². The Hall–Kier alpha value is -1.21. The van der Waals surface area contributed by atoms with Gasteiger partial charge in [0.1, 0.15) is 5.75 Å². The van der Waals surface area contributed by atoms with Crippen molar-refractivity contribution >= 4 is 33.4 Å². The number of benzene rings is 2. The Bertz CT molecular complexity index is 792. The van der Waals surface area contributed by atoms with E-state index in [1.807, 2.05) is 44.4 Å². The van der Waals surface area contributed by atoms with Gasteiger partial charge in [-0.2, -0.15) is 0 Å². The van der Waals surface area contributed by atoms with Gasteiger partial charge in [0.05, 0.1) is 16.5 Å². The Morgan fingerprint density at radius 2 is 1.88 bits per heavy atom. The topological polar surface area (TPSA) is 55.4 Å². The molecular weight excluding hydrogens is 366 g/mol. The standard InChI is InChI=1S/C17H20ClNO3S2/c1-4-22-17-10-9-15(11-16(17)18)24(20,21)19-12(2)13-5-7-14(23-3)8-6-13/h5-12,19H,4H2,1-3H3/t12-/m1/s1. The van der Waals surface area contributed by atoms with Crippen LogP contribution >= 0.6 is 23.4 Å². The number of halogens is 1. The highest BCUT2D eigenvalue weighted by atomic mass is 35.5. The van der Waals surface area contributed by atoms with Gasteiger partial charge < -0.3 is 4.74 Å². The van der Waals surface area contributed by atoms with Crippen molar-refractivity contribution in [2.75, 3.05) is 12.9 Å². The first-order valence-electron chi connectivity index (χ1n) is 7.46. The maximum atomic E-state index is 12.5. The van der Waals surface area contributed by atoms with Crippen LogP contribution in [0.1, 0.15) is 25.5 Å². The average Bonchev–Trinajstić information content (AvgIpc) is 2.56. The molecule has 0 aromatic heterocycles. The molecular formula is C17H20ClNO3S2. The summed E-state index contributed by atoms with van der Waals surface area (Å²) >= 11 is 7.72. The van der Waals surface area contributed by atoms with Crippen LogP contribution in [0.4, 0.5) is 0 Å². The summed E-state index contributed by atoms with van der Waals surface area (Å²) in [5, 5.41) is 0.275. The number of rotatable bonds is 7. The highest BCUT2D eigenvalue weighted by Crippen LogP contribution is 2.28. The highest BCUT2D eigenvalue weighted by Gasteiger charge is 2.19. The van der Waals surface area contributed by atoms with E-state index in [1.54, 1.807) is 17.8 Å². The van der Waals surface area contributed by atoms with E-state index in [9.17, 15) is 8.42 Å². The molecule has 0 aliphatic rings. The summed E-state index contributed by atoms with van der Waals surface area (Å²) in [7, 11) is -3.67. The number of thioether (sulfide) groups is 1. The molecule has 0 unspecified atom stereocenters. The van der Waals surface area contributed by atoms with Crippen molar-refractivity contribution in [2.24, 2.45) is 0 Å². The van der Waals surface area contributed by atoms with Crippen molar-refractivity contribution in [2.45, 2.75) is 29.7 Å². The fourth-order valence-corrected chi connectivity index (χ4v) is 4.15. The fraction of sp³-hybridized carbons (Fsp3) is 0.294. The van der Waals surface area contributed by atoms with Crippen LogP contribution in [0, 0.1) is 0 Å². The summed E-state index contributed by atoms with van der Waals surface area (Å²) in [6.07, 6.45) is 2.00. The Morgan fingerprint density at radius 3 is 2.42 bits per heavy atom. The van der Waals surface area contributed by atoms with Crippen molar-refractivity contribution in [3.8, 4) is 5.75 Å². The zero-order valence-electron chi connectivity index (χ0n) is 13.7. The van der Waals surface area contributed by atoms with E-state index < -0.39 is 10.0 Å². The zero-order chi connectivity index (χ0) is 17.7. The molecule has 0 aliphatic heterocycles. The van der Waals surface area contributed by atoms with E-state index in [4.69, 9.17) is 16.3 Å². The third-order valence-electron chi connectivity index (χ3n) is 3.46. The molecule has 1 atom stereocenters. The third kappa shape index (κ3) is 4.66. The van der Waals surface area contributed by atoms with E-state index >= 15 is 0 Å². The number of hydrogen-bond donors (Lipinski definition) is 1. The number of nitrogens with one attached hydrogen (secondary N) is 1. The third-order valence-corrected chi connectivity index (χ3v) is 6.04. The molecule has 1 N–H and O–H groups in total. The summed E-state index contributed by atoms with van der Waals surface area (Å²) in [5.74, 6) is 0.471. The second-order valence-corrected chi connectivity index (χ2v) is 8.14. The van der Waals surface area contributed by atoms with Crippen LogP contribution in [0.15, 0.2) is 52.3 Å². The lowest BCUT2D eigenvalue weighted by atomic mass is 10.1. The molecule has 0 saturated heterocycles. The number of ether oxygens (including phenoxy) is 1. The first kappa shape index (κ1) is 19.1. The first-order chi connectivity index (χ1) is 11.4. The van der Waals surface area contributed by atoms with Gasteiger partial charge in [-0.05, 0) is 56.0 Å². The molecule has 0 heterocycles. The fourth-order valence-electron chi connectivity index (χ4n) is 2.18. The van der Waals surface area contributed by atoms with Gasteiger partial charge in [0, 0.05) is 10.9 Å². The predicted molar refractivity (Wildman–Crippen MR) is 99.6 cm³/mol. The van der Waals surface area contributed by atoms with Gasteiger partial charge in [-0.15, -0.1) is 11.8 Å². The Morgan fingerprint density at radius 1 is 1.21 bits per heavy atom. The Labute approximate surface area is 152 Å².